The van der Waals surface area contributed by atoms with Crippen molar-refractivity contribution < 1.29 is 0 Å². The van der Waals surface area contributed by atoms with Crippen molar-refractivity contribution in [2.45, 2.75) is 26.2 Å². The summed E-state index contributed by atoms with van der Waals surface area (Å²) in [6.07, 6.45) is 0. The predicted molar refractivity (Wildman–Crippen MR) is 144 cm³/mol. The van der Waals surface area contributed by atoms with Crippen molar-refractivity contribution in [3.8, 4) is 28.5 Å². The molecule has 0 unspecified atom stereocenters. The zero-order valence-electron chi connectivity index (χ0n) is 20.1. The van der Waals surface area contributed by atoms with Gasteiger partial charge in [-0.3, -0.25) is 0 Å². The monoisotopic (exact) mass is 454 g/mol. The van der Waals surface area contributed by atoms with Gasteiger partial charge >= 0.3 is 0 Å². The van der Waals surface area contributed by atoms with E-state index in [1.54, 1.807) is 0 Å². The molecule has 0 N–H and O–H groups in total. The third kappa shape index (κ3) is 3.68. The maximum atomic E-state index is 5.02. The Morgan fingerprint density at radius 1 is 0.571 bits per heavy atom. The van der Waals surface area contributed by atoms with Gasteiger partial charge in [-0.05, 0) is 24.3 Å². The molecule has 170 valence electrons. The van der Waals surface area contributed by atoms with Crippen molar-refractivity contribution in [2.75, 3.05) is 0 Å². The van der Waals surface area contributed by atoms with E-state index in [2.05, 4.69) is 92.1 Å². The molecule has 6 rings (SSSR count). The lowest BCUT2D eigenvalue weighted by Gasteiger charge is -2.19. The minimum Gasteiger partial charge on any atom is -0.309 e. The zero-order chi connectivity index (χ0) is 24.0. The van der Waals surface area contributed by atoms with E-state index < -0.39 is 0 Å². The summed E-state index contributed by atoms with van der Waals surface area (Å²) < 4.78 is 2.32. The summed E-state index contributed by atoms with van der Waals surface area (Å²) in [6.45, 7) is 6.42. The predicted octanol–water partition coefficient (Wildman–Crippen LogP) is 7.60. The third-order valence-corrected chi connectivity index (χ3v) is 6.29. The van der Waals surface area contributed by atoms with E-state index >= 15 is 0 Å². The largest absolute Gasteiger partial charge is 0.309 e. The molecule has 4 aromatic carbocycles. The Morgan fingerprint density at radius 2 is 1.20 bits per heavy atom. The van der Waals surface area contributed by atoms with Crippen molar-refractivity contribution in [1.29, 1.82) is 0 Å². The molecular weight excluding hydrogens is 428 g/mol. The Morgan fingerprint density at radius 3 is 1.94 bits per heavy atom. The van der Waals surface area contributed by atoms with E-state index in [9.17, 15) is 0 Å². The lowest BCUT2D eigenvalue weighted by molar-refractivity contribution is 0.543. The quantitative estimate of drug-likeness (QED) is 0.276. The number of fused-ring (bicyclic) bond motifs is 3. The minimum atomic E-state index is -0.221. The molecule has 35 heavy (non-hydrogen) atoms. The van der Waals surface area contributed by atoms with Crippen molar-refractivity contribution >= 4 is 21.8 Å². The van der Waals surface area contributed by atoms with Crippen molar-refractivity contribution in [1.82, 2.24) is 19.5 Å². The van der Waals surface area contributed by atoms with Gasteiger partial charge in [0, 0.05) is 33.0 Å². The summed E-state index contributed by atoms with van der Waals surface area (Å²) in [7, 11) is 0. The number of nitrogens with zero attached hydrogens (tertiary/aromatic N) is 4. The van der Waals surface area contributed by atoms with E-state index in [1.165, 1.54) is 10.8 Å². The van der Waals surface area contributed by atoms with E-state index in [-0.39, 0.29) is 5.41 Å². The van der Waals surface area contributed by atoms with Gasteiger partial charge in [-0.15, -0.1) is 0 Å². The molecule has 4 nitrogen and oxygen atoms in total. The second kappa shape index (κ2) is 8.17. The number of benzene rings is 4. The molecule has 0 aliphatic heterocycles. The van der Waals surface area contributed by atoms with Gasteiger partial charge in [0.05, 0.1) is 11.0 Å². The molecule has 0 saturated heterocycles. The van der Waals surface area contributed by atoms with Crippen LogP contribution in [0.5, 0.6) is 0 Å². The van der Waals surface area contributed by atoms with E-state index in [0.29, 0.717) is 11.6 Å². The highest BCUT2D eigenvalue weighted by Crippen LogP contribution is 2.37. The van der Waals surface area contributed by atoms with Crippen molar-refractivity contribution in [3.63, 3.8) is 0 Å². The fourth-order valence-corrected chi connectivity index (χ4v) is 4.59. The summed E-state index contributed by atoms with van der Waals surface area (Å²) in [6, 6.07) is 35.6. The van der Waals surface area contributed by atoms with Gasteiger partial charge in [-0.1, -0.05) is 99.6 Å². The van der Waals surface area contributed by atoms with Crippen LogP contribution in [-0.4, -0.2) is 19.5 Å². The molecular formula is C31H26N4. The topological polar surface area (TPSA) is 43.6 Å². The number of rotatable bonds is 3. The lowest BCUT2D eigenvalue weighted by Crippen LogP contribution is -2.18. The highest BCUT2D eigenvalue weighted by Gasteiger charge is 2.23. The van der Waals surface area contributed by atoms with Gasteiger partial charge < -0.3 is 4.57 Å². The van der Waals surface area contributed by atoms with Crippen LogP contribution in [0.4, 0.5) is 0 Å². The summed E-state index contributed by atoms with van der Waals surface area (Å²) in [5.74, 6) is 2.16. The van der Waals surface area contributed by atoms with Gasteiger partial charge in [0.2, 0.25) is 0 Å². The molecule has 0 radical (unpaired) electrons. The number of aromatic nitrogens is 4. The molecule has 0 bridgehead atoms. The first-order valence-electron chi connectivity index (χ1n) is 11.9. The Bertz CT molecular complexity index is 1660. The molecule has 6 aromatic rings. The molecule has 0 atom stereocenters. The SMILES string of the molecule is CC(C)(C)c1nc(-c2ccccc2)nc(-c2cccc3c4ccccc4n(-c4ccccc4)c23)n1. The maximum absolute atomic E-state index is 5.02. The molecule has 0 spiro atoms. The highest BCUT2D eigenvalue weighted by atomic mass is 15.1. The van der Waals surface area contributed by atoms with Gasteiger partial charge in [0.25, 0.3) is 0 Å². The Balaban J connectivity index is 1.72. The Labute approximate surface area is 205 Å². The average Bonchev–Trinajstić information content (AvgIpc) is 3.23. The fraction of sp³-hybridized carbons (Fsp3) is 0.129. The van der Waals surface area contributed by atoms with Crippen LogP contribution in [0.25, 0.3) is 50.3 Å². The summed E-state index contributed by atoms with van der Waals surface area (Å²) >= 11 is 0. The first-order valence-corrected chi connectivity index (χ1v) is 11.9. The van der Waals surface area contributed by atoms with E-state index in [0.717, 1.165) is 33.7 Å². The molecule has 0 fully saturated rings. The maximum Gasteiger partial charge on any atom is 0.165 e. The van der Waals surface area contributed by atoms with E-state index in [4.69, 9.17) is 15.0 Å². The van der Waals surface area contributed by atoms with Crippen LogP contribution in [0.15, 0.2) is 103 Å². The third-order valence-electron chi connectivity index (χ3n) is 6.29. The second-order valence-corrected chi connectivity index (χ2v) is 9.81. The van der Waals surface area contributed by atoms with Crippen LogP contribution in [0.1, 0.15) is 26.6 Å². The first-order chi connectivity index (χ1) is 17.0. The molecule has 0 amide bonds. The van der Waals surface area contributed by atoms with Crippen LogP contribution >= 0.6 is 0 Å². The van der Waals surface area contributed by atoms with Crippen molar-refractivity contribution in [2.24, 2.45) is 0 Å². The number of para-hydroxylation sites is 3. The summed E-state index contributed by atoms with van der Waals surface area (Å²) in [5.41, 5.74) is 5.13. The number of hydrogen-bond acceptors (Lipinski definition) is 3. The molecule has 2 aromatic heterocycles. The smallest absolute Gasteiger partial charge is 0.165 e. The van der Waals surface area contributed by atoms with Crippen LogP contribution in [0.3, 0.4) is 0 Å². The van der Waals surface area contributed by atoms with Gasteiger partial charge in [-0.2, -0.15) is 0 Å². The van der Waals surface area contributed by atoms with E-state index in [1.807, 2.05) is 36.4 Å². The molecule has 2 heterocycles. The standard InChI is InChI=1S/C31H26N4/c1-31(2,3)30-33-28(21-13-6-4-7-14-21)32-29(34-30)25-19-12-18-24-23-17-10-11-20-26(23)35(27(24)25)22-15-8-5-9-16-22/h4-20H,1-3H3. The van der Waals surface area contributed by atoms with Crippen LogP contribution in [0, 0.1) is 0 Å². The van der Waals surface area contributed by atoms with Gasteiger partial charge in [0.1, 0.15) is 5.82 Å². The fourth-order valence-electron chi connectivity index (χ4n) is 4.59. The van der Waals surface area contributed by atoms with Gasteiger partial charge in [0.15, 0.2) is 11.6 Å². The lowest BCUT2D eigenvalue weighted by atomic mass is 9.95. The van der Waals surface area contributed by atoms with Gasteiger partial charge in [-0.25, -0.2) is 15.0 Å². The van der Waals surface area contributed by atoms with Crippen molar-refractivity contribution in [3.05, 3.63) is 109 Å². The van der Waals surface area contributed by atoms with Crippen LogP contribution in [-0.2, 0) is 5.41 Å². The second-order valence-electron chi connectivity index (χ2n) is 9.81. The Hall–Kier alpha value is -4.31. The summed E-state index contributed by atoms with van der Waals surface area (Å²) in [4.78, 5) is 14.9. The molecule has 4 heteroatoms. The zero-order valence-corrected chi connectivity index (χ0v) is 20.1. The number of hydrogen-bond donors (Lipinski definition) is 0. The highest BCUT2D eigenvalue weighted by molar-refractivity contribution is 6.13. The normalized spacial score (nSPS) is 11.9. The molecule has 0 aliphatic rings. The average molecular weight is 455 g/mol. The molecule has 0 saturated carbocycles. The summed E-state index contributed by atoms with van der Waals surface area (Å²) in [5, 5.41) is 2.39. The Kier molecular flexibility index (Phi) is 4.96. The van der Waals surface area contributed by atoms with Crippen LogP contribution < -0.4 is 0 Å². The minimum absolute atomic E-state index is 0.221. The van der Waals surface area contributed by atoms with Crippen LogP contribution in [0.2, 0.25) is 0 Å². The molecule has 0 aliphatic carbocycles. The first kappa shape index (κ1) is 21.2.